The molecule has 82 valence electrons. The maximum Gasteiger partial charge on any atom is 0.0205 e. The predicted molar refractivity (Wildman–Crippen MR) is 62.2 cm³/mol. The van der Waals surface area contributed by atoms with Gasteiger partial charge in [-0.2, -0.15) is 0 Å². The number of piperidine rings is 1. The van der Waals surface area contributed by atoms with Crippen LogP contribution in [0.4, 0.5) is 0 Å². The van der Waals surface area contributed by atoms with Crippen molar-refractivity contribution in [3.8, 4) is 0 Å². The van der Waals surface area contributed by atoms with Crippen molar-refractivity contribution in [1.29, 1.82) is 0 Å². The number of nitrogens with zero attached hydrogens (tertiary/aromatic N) is 1. The first-order chi connectivity index (χ1) is 6.54. The minimum Gasteiger partial charge on any atom is -0.327 e. The van der Waals surface area contributed by atoms with Gasteiger partial charge in [0.05, 0.1) is 0 Å². The summed E-state index contributed by atoms with van der Waals surface area (Å²) in [4.78, 5) is 2.52. The van der Waals surface area contributed by atoms with Gasteiger partial charge in [0.2, 0.25) is 0 Å². The van der Waals surface area contributed by atoms with Crippen LogP contribution in [0.15, 0.2) is 12.2 Å². The van der Waals surface area contributed by atoms with E-state index in [-0.39, 0.29) is 0 Å². The highest BCUT2D eigenvalue weighted by Gasteiger charge is 2.28. The van der Waals surface area contributed by atoms with E-state index in [0.717, 1.165) is 24.0 Å². The fraction of sp³-hybridized carbons (Fsp3) is 0.833. The van der Waals surface area contributed by atoms with Crippen molar-refractivity contribution in [3.63, 3.8) is 0 Å². The summed E-state index contributed by atoms with van der Waals surface area (Å²) < 4.78 is 0. The molecular weight excluding hydrogens is 172 g/mol. The molecule has 0 saturated carbocycles. The Hall–Kier alpha value is -0.340. The molecular formula is C12H24N2. The molecule has 1 heterocycles. The first-order valence-corrected chi connectivity index (χ1v) is 5.65. The second kappa shape index (κ2) is 4.94. The first kappa shape index (κ1) is 11.7. The normalized spacial score (nSPS) is 34.4. The van der Waals surface area contributed by atoms with Crippen molar-refractivity contribution < 1.29 is 0 Å². The summed E-state index contributed by atoms with van der Waals surface area (Å²) in [5.74, 6) is 1.61. The molecule has 2 nitrogen and oxygen atoms in total. The molecule has 2 N–H and O–H groups in total. The van der Waals surface area contributed by atoms with Gasteiger partial charge < -0.3 is 5.73 Å². The lowest BCUT2D eigenvalue weighted by atomic mass is 9.86. The quantitative estimate of drug-likeness (QED) is 0.698. The molecule has 0 radical (unpaired) electrons. The molecule has 3 unspecified atom stereocenters. The Morgan fingerprint density at radius 1 is 1.43 bits per heavy atom. The number of likely N-dealkylation sites (tertiary alicyclic amines) is 1. The average Bonchev–Trinajstić information content (AvgIpc) is 2.13. The molecule has 3 atom stereocenters. The van der Waals surface area contributed by atoms with Crippen LogP contribution < -0.4 is 5.73 Å². The van der Waals surface area contributed by atoms with Crippen LogP contribution in [0.5, 0.6) is 0 Å². The Balaban J connectivity index is 2.53. The highest BCUT2D eigenvalue weighted by Crippen LogP contribution is 2.26. The van der Waals surface area contributed by atoms with Gasteiger partial charge in [-0.05, 0) is 30.8 Å². The summed E-state index contributed by atoms with van der Waals surface area (Å²) in [7, 11) is 0. The highest BCUT2D eigenvalue weighted by molar-refractivity contribution is 5.00. The smallest absolute Gasteiger partial charge is 0.0205 e. The summed E-state index contributed by atoms with van der Waals surface area (Å²) >= 11 is 0. The highest BCUT2D eigenvalue weighted by atomic mass is 15.2. The molecule has 0 aliphatic carbocycles. The summed E-state index contributed by atoms with van der Waals surface area (Å²) in [5.41, 5.74) is 6.73. The van der Waals surface area contributed by atoms with Crippen molar-refractivity contribution in [2.75, 3.05) is 19.6 Å². The van der Waals surface area contributed by atoms with E-state index in [1.54, 1.807) is 0 Å². The van der Waals surface area contributed by atoms with Crippen LogP contribution in [0.1, 0.15) is 27.2 Å². The minimum atomic E-state index is 0.617. The van der Waals surface area contributed by atoms with Gasteiger partial charge in [-0.1, -0.05) is 20.4 Å². The van der Waals surface area contributed by atoms with Crippen LogP contribution in [0, 0.1) is 11.8 Å². The van der Waals surface area contributed by atoms with Crippen LogP contribution in [0.25, 0.3) is 0 Å². The standard InChI is InChI=1S/C12H24N2/c1-9-5-11(3)12(4)14(7-9)8-10(2)6-13/h9,11-12H,2,5-8,13H2,1,3-4H3. The largest absolute Gasteiger partial charge is 0.327 e. The third kappa shape index (κ3) is 2.82. The van der Waals surface area contributed by atoms with E-state index in [9.17, 15) is 0 Å². The Morgan fingerprint density at radius 2 is 2.07 bits per heavy atom. The molecule has 1 aliphatic heterocycles. The molecule has 0 aromatic heterocycles. The Labute approximate surface area is 88.2 Å². The zero-order chi connectivity index (χ0) is 10.7. The van der Waals surface area contributed by atoms with Crippen LogP contribution >= 0.6 is 0 Å². The van der Waals surface area contributed by atoms with Crippen molar-refractivity contribution in [3.05, 3.63) is 12.2 Å². The molecule has 0 spiro atoms. The van der Waals surface area contributed by atoms with Crippen LogP contribution in [-0.2, 0) is 0 Å². The summed E-state index contributed by atoms with van der Waals surface area (Å²) in [6.45, 7) is 13.8. The lowest BCUT2D eigenvalue weighted by Crippen LogP contribution is -2.46. The van der Waals surface area contributed by atoms with Gasteiger partial charge in [0.1, 0.15) is 0 Å². The molecule has 1 saturated heterocycles. The van der Waals surface area contributed by atoms with Gasteiger partial charge in [-0.25, -0.2) is 0 Å². The summed E-state index contributed by atoms with van der Waals surface area (Å²) in [6, 6.07) is 0.675. The first-order valence-electron chi connectivity index (χ1n) is 5.65. The van der Waals surface area contributed by atoms with Crippen molar-refractivity contribution >= 4 is 0 Å². The van der Waals surface area contributed by atoms with E-state index in [1.165, 1.54) is 13.0 Å². The number of hydrogen-bond acceptors (Lipinski definition) is 2. The number of rotatable bonds is 3. The van der Waals surface area contributed by atoms with E-state index < -0.39 is 0 Å². The third-order valence-corrected chi connectivity index (χ3v) is 3.44. The monoisotopic (exact) mass is 196 g/mol. The second-order valence-electron chi connectivity index (χ2n) is 4.94. The van der Waals surface area contributed by atoms with E-state index in [1.807, 2.05) is 0 Å². The summed E-state index contributed by atoms with van der Waals surface area (Å²) in [5, 5.41) is 0. The molecule has 1 rings (SSSR count). The van der Waals surface area contributed by atoms with Gasteiger partial charge >= 0.3 is 0 Å². The predicted octanol–water partition coefficient (Wildman–Crippen LogP) is 1.87. The second-order valence-corrected chi connectivity index (χ2v) is 4.94. The Kier molecular flexibility index (Phi) is 4.14. The molecule has 0 aromatic carbocycles. The van der Waals surface area contributed by atoms with Crippen LogP contribution in [-0.4, -0.2) is 30.6 Å². The van der Waals surface area contributed by atoms with Gasteiger partial charge in [-0.15, -0.1) is 0 Å². The maximum atomic E-state index is 5.58. The Morgan fingerprint density at radius 3 is 2.64 bits per heavy atom. The average molecular weight is 196 g/mol. The molecule has 2 heteroatoms. The molecule has 0 amide bonds. The summed E-state index contributed by atoms with van der Waals surface area (Å²) in [6.07, 6.45) is 1.35. The van der Waals surface area contributed by atoms with Crippen LogP contribution in [0.3, 0.4) is 0 Å². The van der Waals surface area contributed by atoms with Gasteiger partial charge in [0, 0.05) is 25.7 Å². The van der Waals surface area contributed by atoms with Crippen molar-refractivity contribution in [2.24, 2.45) is 17.6 Å². The number of hydrogen-bond donors (Lipinski definition) is 1. The zero-order valence-electron chi connectivity index (χ0n) is 9.79. The SMILES string of the molecule is C=C(CN)CN1CC(C)CC(C)C1C. The number of nitrogens with two attached hydrogens (primary N) is 1. The maximum absolute atomic E-state index is 5.58. The van der Waals surface area contributed by atoms with Crippen molar-refractivity contribution in [1.82, 2.24) is 4.90 Å². The molecule has 0 aromatic rings. The van der Waals surface area contributed by atoms with E-state index in [0.29, 0.717) is 12.6 Å². The molecule has 0 bridgehead atoms. The fourth-order valence-corrected chi connectivity index (χ4v) is 2.39. The zero-order valence-corrected chi connectivity index (χ0v) is 9.79. The lowest BCUT2D eigenvalue weighted by molar-refractivity contribution is 0.0889. The molecule has 1 fully saturated rings. The van der Waals surface area contributed by atoms with Gasteiger partial charge in [0.15, 0.2) is 0 Å². The van der Waals surface area contributed by atoms with Gasteiger partial charge in [-0.3, -0.25) is 4.90 Å². The van der Waals surface area contributed by atoms with E-state index >= 15 is 0 Å². The molecule has 14 heavy (non-hydrogen) atoms. The topological polar surface area (TPSA) is 29.3 Å². The van der Waals surface area contributed by atoms with E-state index in [4.69, 9.17) is 5.73 Å². The van der Waals surface area contributed by atoms with Crippen molar-refractivity contribution in [2.45, 2.75) is 33.2 Å². The Bertz CT molecular complexity index is 200. The fourth-order valence-electron chi connectivity index (χ4n) is 2.39. The van der Waals surface area contributed by atoms with Crippen LogP contribution in [0.2, 0.25) is 0 Å². The van der Waals surface area contributed by atoms with E-state index in [2.05, 4.69) is 32.3 Å². The third-order valence-electron chi connectivity index (χ3n) is 3.44. The van der Waals surface area contributed by atoms with Gasteiger partial charge in [0.25, 0.3) is 0 Å². The lowest BCUT2D eigenvalue weighted by Gasteiger charge is -2.41. The molecule has 1 aliphatic rings. The minimum absolute atomic E-state index is 0.617.